The highest BCUT2D eigenvalue weighted by Crippen LogP contribution is 2.15. The predicted molar refractivity (Wildman–Crippen MR) is 69.1 cm³/mol. The fourth-order valence-electron chi connectivity index (χ4n) is 1.40. The lowest BCUT2D eigenvalue weighted by Crippen LogP contribution is -1.95. The average molecular weight is 229 g/mol. The molecule has 0 aliphatic heterocycles. The summed E-state index contributed by atoms with van der Waals surface area (Å²) in [6.45, 7) is 3.41. The number of allylic oxidation sites excluding steroid dienone is 4. The summed E-state index contributed by atoms with van der Waals surface area (Å²) in [6, 6.07) is 9.78. The molecule has 88 valence electrons. The Morgan fingerprint density at radius 2 is 1.88 bits per heavy atom. The van der Waals surface area contributed by atoms with Crippen LogP contribution in [0.25, 0.3) is 5.57 Å². The van der Waals surface area contributed by atoms with E-state index < -0.39 is 0 Å². The number of ketones is 1. The molecule has 0 radical (unpaired) electrons. The smallest absolute Gasteiger partial charge is 0.159 e. The van der Waals surface area contributed by atoms with E-state index in [1.54, 1.807) is 6.08 Å². The van der Waals surface area contributed by atoms with Crippen molar-refractivity contribution in [2.75, 3.05) is 0 Å². The standard InChI is InChI=1S/C14H15NO2/c1-11(13-6-4-3-5-7-13)10-14(12(2)16)8-9-15-17/h3-10,17H,1-2H3/b11-10+,14-8+,15-9+. The fraction of sp³-hybridized carbons (Fsp3) is 0.143. The lowest BCUT2D eigenvalue weighted by Gasteiger charge is -2.02. The van der Waals surface area contributed by atoms with E-state index in [9.17, 15) is 4.79 Å². The lowest BCUT2D eigenvalue weighted by molar-refractivity contribution is -0.113. The maximum absolute atomic E-state index is 11.4. The van der Waals surface area contributed by atoms with Gasteiger partial charge in [-0.15, -0.1) is 0 Å². The van der Waals surface area contributed by atoms with E-state index in [2.05, 4.69) is 5.16 Å². The summed E-state index contributed by atoms with van der Waals surface area (Å²) in [5, 5.41) is 11.2. The molecule has 1 rings (SSSR count). The number of hydrogen-bond donors (Lipinski definition) is 1. The van der Waals surface area contributed by atoms with E-state index in [1.165, 1.54) is 19.2 Å². The van der Waals surface area contributed by atoms with Gasteiger partial charge in [-0.3, -0.25) is 4.79 Å². The van der Waals surface area contributed by atoms with Gasteiger partial charge in [0, 0.05) is 5.57 Å². The molecule has 0 amide bonds. The van der Waals surface area contributed by atoms with Gasteiger partial charge in [-0.25, -0.2) is 0 Å². The van der Waals surface area contributed by atoms with Crippen LogP contribution in [0.4, 0.5) is 0 Å². The summed E-state index contributed by atoms with van der Waals surface area (Å²) in [6.07, 6.45) is 4.44. The highest BCUT2D eigenvalue weighted by Gasteiger charge is 2.01. The van der Waals surface area contributed by atoms with Crippen LogP contribution in [0.3, 0.4) is 0 Å². The molecule has 3 heteroatoms. The molecule has 0 aliphatic carbocycles. The molecule has 0 aliphatic rings. The predicted octanol–water partition coefficient (Wildman–Crippen LogP) is 3.07. The van der Waals surface area contributed by atoms with Crippen LogP contribution < -0.4 is 0 Å². The van der Waals surface area contributed by atoms with E-state index in [-0.39, 0.29) is 5.78 Å². The topological polar surface area (TPSA) is 49.7 Å². The van der Waals surface area contributed by atoms with Crippen LogP contribution in [0.5, 0.6) is 0 Å². The summed E-state index contributed by atoms with van der Waals surface area (Å²) >= 11 is 0. The molecule has 3 nitrogen and oxygen atoms in total. The van der Waals surface area contributed by atoms with Gasteiger partial charge in [-0.2, -0.15) is 0 Å². The minimum Gasteiger partial charge on any atom is -0.411 e. The SMILES string of the molecule is CC(=O)C(=C/C=N/O)/C=C(\C)c1ccccc1. The average Bonchev–Trinajstić information content (AvgIpc) is 2.35. The quantitative estimate of drug-likeness (QED) is 0.283. The maximum Gasteiger partial charge on any atom is 0.159 e. The molecule has 0 aromatic heterocycles. The second-order valence-electron chi connectivity index (χ2n) is 3.64. The van der Waals surface area contributed by atoms with E-state index in [1.807, 2.05) is 37.3 Å². The summed E-state index contributed by atoms with van der Waals surface area (Å²) in [5.41, 5.74) is 2.54. The molecular formula is C14H15NO2. The Morgan fingerprint density at radius 3 is 2.41 bits per heavy atom. The van der Waals surface area contributed by atoms with Crippen molar-refractivity contribution in [2.45, 2.75) is 13.8 Å². The van der Waals surface area contributed by atoms with E-state index >= 15 is 0 Å². The van der Waals surface area contributed by atoms with Gasteiger partial charge in [-0.05, 0) is 37.1 Å². The van der Waals surface area contributed by atoms with Crippen molar-refractivity contribution in [3.05, 3.63) is 53.6 Å². The highest BCUT2D eigenvalue weighted by molar-refractivity contribution is 6.01. The molecule has 0 saturated carbocycles. The van der Waals surface area contributed by atoms with Gasteiger partial charge >= 0.3 is 0 Å². The lowest BCUT2D eigenvalue weighted by atomic mass is 10.0. The third kappa shape index (κ3) is 4.07. The van der Waals surface area contributed by atoms with Gasteiger partial charge in [0.1, 0.15) is 0 Å². The zero-order valence-corrected chi connectivity index (χ0v) is 9.92. The third-order valence-electron chi connectivity index (χ3n) is 2.33. The van der Waals surface area contributed by atoms with Gasteiger partial charge < -0.3 is 5.21 Å². The van der Waals surface area contributed by atoms with Crippen molar-refractivity contribution >= 4 is 17.6 Å². The van der Waals surface area contributed by atoms with Gasteiger partial charge in [0.15, 0.2) is 5.78 Å². The molecule has 0 atom stereocenters. The van der Waals surface area contributed by atoms with Gasteiger partial charge in [0.05, 0.1) is 6.21 Å². The number of hydrogen-bond acceptors (Lipinski definition) is 3. The fourth-order valence-corrected chi connectivity index (χ4v) is 1.40. The number of carbonyl (C=O) groups excluding carboxylic acids is 1. The number of oxime groups is 1. The van der Waals surface area contributed by atoms with Crippen LogP contribution in [0.2, 0.25) is 0 Å². The Labute approximate surface area is 101 Å². The van der Waals surface area contributed by atoms with Crippen molar-refractivity contribution in [2.24, 2.45) is 5.16 Å². The first-order valence-corrected chi connectivity index (χ1v) is 5.27. The summed E-state index contributed by atoms with van der Waals surface area (Å²) in [7, 11) is 0. The minimum absolute atomic E-state index is 0.0693. The zero-order valence-electron chi connectivity index (χ0n) is 9.92. The molecule has 1 aromatic rings. The Balaban J connectivity index is 3.04. The van der Waals surface area contributed by atoms with Crippen molar-refractivity contribution in [3.63, 3.8) is 0 Å². The van der Waals surface area contributed by atoms with Crippen LogP contribution in [-0.4, -0.2) is 17.2 Å². The Bertz CT molecular complexity index is 470. The van der Waals surface area contributed by atoms with Crippen molar-refractivity contribution in [1.82, 2.24) is 0 Å². The molecule has 1 aromatic carbocycles. The number of nitrogens with zero attached hydrogens (tertiary/aromatic N) is 1. The summed E-state index contributed by atoms with van der Waals surface area (Å²) < 4.78 is 0. The highest BCUT2D eigenvalue weighted by atomic mass is 16.4. The van der Waals surface area contributed by atoms with E-state index in [0.717, 1.165) is 11.1 Å². The molecule has 0 saturated heterocycles. The van der Waals surface area contributed by atoms with Crippen LogP contribution in [0, 0.1) is 0 Å². The van der Waals surface area contributed by atoms with Gasteiger partial charge in [-0.1, -0.05) is 35.5 Å². The molecular weight excluding hydrogens is 214 g/mol. The molecule has 0 heterocycles. The van der Waals surface area contributed by atoms with E-state index in [0.29, 0.717) is 5.57 Å². The molecule has 1 N–H and O–H groups in total. The molecule has 0 unspecified atom stereocenters. The number of Topliss-reactive ketones (excluding diaryl/α,β-unsaturated/α-hetero) is 1. The normalized spacial score (nSPS) is 13.1. The second kappa shape index (κ2) is 6.43. The monoisotopic (exact) mass is 229 g/mol. The van der Waals surface area contributed by atoms with Crippen LogP contribution >= 0.6 is 0 Å². The third-order valence-corrected chi connectivity index (χ3v) is 2.33. The first-order chi connectivity index (χ1) is 8.15. The van der Waals surface area contributed by atoms with Crippen molar-refractivity contribution in [3.8, 4) is 0 Å². The molecule has 17 heavy (non-hydrogen) atoms. The molecule has 0 fully saturated rings. The largest absolute Gasteiger partial charge is 0.411 e. The summed E-state index contributed by atoms with van der Waals surface area (Å²) in [4.78, 5) is 11.4. The molecule has 0 spiro atoms. The van der Waals surface area contributed by atoms with Crippen molar-refractivity contribution in [1.29, 1.82) is 0 Å². The van der Waals surface area contributed by atoms with Crippen LogP contribution in [0.1, 0.15) is 19.4 Å². The maximum atomic E-state index is 11.4. The van der Waals surface area contributed by atoms with Crippen LogP contribution in [0.15, 0.2) is 53.2 Å². The number of rotatable bonds is 4. The van der Waals surface area contributed by atoms with Crippen molar-refractivity contribution < 1.29 is 10.0 Å². The van der Waals surface area contributed by atoms with Gasteiger partial charge in [0.2, 0.25) is 0 Å². The zero-order chi connectivity index (χ0) is 12.7. The number of benzene rings is 1. The van der Waals surface area contributed by atoms with Crippen LogP contribution in [-0.2, 0) is 4.79 Å². The number of carbonyl (C=O) groups is 1. The second-order valence-corrected chi connectivity index (χ2v) is 3.64. The Morgan fingerprint density at radius 1 is 1.24 bits per heavy atom. The summed E-state index contributed by atoms with van der Waals surface area (Å²) in [5.74, 6) is -0.0693. The van der Waals surface area contributed by atoms with E-state index in [4.69, 9.17) is 5.21 Å². The first kappa shape index (κ1) is 12.9. The minimum atomic E-state index is -0.0693. The first-order valence-electron chi connectivity index (χ1n) is 5.27. The Hall–Kier alpha value is -2.16. The molecule has 0 bridgehead atoms. The Kier molecular flexibility index (Phi) is 4.88. The van der Waals surface area contributed by atoms with Gasteiger partial charge in [0.25, 0.3) is 0 Å².